The molecular weight excluding hydrogens is 361 g/mol. The van der Waals surface area contributed by atoms with Gasteiger partial charge < -0.3 is 5.32 Å². The summed E-state index contributed by atoms with van der Waals surface area (Å²) in [5, 5.41) is 4.87. The quantitative estimate of drug-likeness (QED) is 0.621. The molecule has 0 spiro atoms. The number of nitrogens with one attached hydrogen (secondary N) is 1. The van der Waals surface area contributed by atoms with E-state index in [-0.39, 0.29) is 5.91 Å². The number of amides is 1. The molecule has 0 atom stereocenters. The second kappa shape index (κ2) is 6.47. The van der Waals surface area contributed by atoms with E-state index in [0.29, 0.717) is 31.9 Å². The van der Waals surface area contributed by atoms with Gasteiger partial charge in [0.05, 0.1) is 10.0 Å². The Bertz CT molecular complexity index is 845. The summed E-state index contributed by atoms with van der Waals surface area (Å²) >= 11 is 19.7. The molecular formula is C16H10Cl3NOS. The Labute approximate surface area is 146 Å². The smallest absolute Gasteiger partial charge is 0.263 e. The molecule has 0 aliphatic heterocycles. The lowest BCUT2D eigenvalue weighted by Gasteiger charge is -2.04. The summed E-state index contributed by atoms with van der Waals surface area (Å²) in [6.45, 7) is 0.443. The van der Waals surface area contributed by atoms with E-state index in [4.69, 9.17) is 34.8 Å². The van der Waals surface area contributed by atoms with Gasteiger partial charge in [0.15, 0.2) is 0 Å². The van der Waals surface area contributed by atoms with E-state index in [1.165, 1.54) is 11.3 Å². The van der Waals surface area contributed by atoms with Crippen molar-refractivity contribution in [2.75, 3.05) is 0 Å². The van der Waals surface area contributed by atoms with Crippen LogP contribution in [0.1, 0.15) is 15.2 Å². The van der Waals surface area contributed by atoms with E-state index in [2.05, 4.69) is 5.32 Å². The molecule has 22 heavy (non-hydrogen) atoms. The summed E-state index contributed by atoms with van der Waals surface area (Å²) in [5.41, 5.74) is 1.02. The molecule has 1 N–H and O–H groups in total. The Balaban J connectivity index is 1.88. The molecule has 0 saturated carbocycles. The van der Waals surface area contributed by atoms with E-state index in [1.807, 2.05) is 30.3 Å². The molecule has 0 bridgehead atoms. The molecule has 2 aromatic carbocycles. The molecule has 0 unspecified atom stereocenters. The zero-order chi connectivity index (χ0) is 15.7. The largest absolute Gasteiger partial charge is 0.347 e. The van der Waals surface area contributed by atoms with Crippen molar-refractivity contribution in [3.8, 4) is 0 Å². The molecule has 2 nitrogen and oxygen atoms in total. The fraction of sp³-hybridized carbons (Fsp3) is 0.0625. The average Bonchev–Trinajstić information content (AvgIpc) is 2.83. The van der Waals surface area contributed by atoms with E-state index in [0.717, 1.165) is 10.3 Å². The van der Waals surface area contributed by atoms with Crippen molar-refractivity contribution < 1.29 is 4.79 Å². The second-order valence-corrected chi connectivity index (χ2v) is 6.95. The SMILES string of the molecule is O=C(NCc1ccccc1)c1sc2cc(Cl)cc(Cl)c2c1Cl. The van der Waals surface area contributed by atoms with Gasteiger partial charge >= 0.3 is 0 Å². The van der Waals surface area contributed by atoms with Gasteiger partial charge in [0.1, 0.15) is 4.88 Å². The van der Waals surface area contributed by atoms with E-state index >= 15 is 0 Å². The van der Waals surface area contributed by atoms with Crippen molar-refractivity contribution in [1.82, 2.24) is 5.32 Å². The van der Waals surface area contributed by atoms with Crippen molar-refractivity contribution in [2.24, 2.45) is 0 Å². The molecule has 3 rings (SSSR count). The lowest BCUT2D eigenvalue weighted by Crippen LogP contribution is -2.21. The number of hydrogen-bond acceptors (Lipinski definition) is 2. The number of fused-ring (bicyclic) bond motifs is 1. The minimum atomic E-state index is -0.220. The number of thiophene rings is 1. The van der Waals surface area contributed by atoms with Gasteiger partial charge in [-0.25, -0.2) is 0 Å². The zero-order valence-electron chi connectivity index (χ0n) is 11.2. The normalized spacial score (nSPS) is 10.9. The van der Waals surface area contributed by atoms with Crippen molar-refractivity contribution >= 4 is 62.1 Å². The maximum absolute atomic E-state index is 12.3. The van der Waals surface area contributed by atoms with Crippen LogP contribution in [0.4, 0.5) is 0 Å². The van der Waals surface area contributed by atoms with Crippen LogP contribution in [0, 0.1) is 0 Å². The third-order valence-corrected chi connectivity index (χ3v) is 5.29. The van der Waals surface area contributed by atoms with E-state index in [9.17, 15) is 4.79 Å². The van der Waals surface area contributed by atoms with Crippen LogP contribution in [0.15, 0.2) is 42.5 Å². The summed E-state index contributed by atoms with van der Waals surface area (Å²) < 4.78 is 0.798. The van der Waals surface area contributed by atoms with E-state index < -0.39 is 0 Å². The first kappa shape index (κ1) is 15.6. The lowest BCUT2D eigenvalue weighted by molar-refractivity contribution is 0.0955. The van der Waals surface area contributed by atoms with Crippen LogP contribution in [0.3, 0.4) is 0 Å². The number of rotatable bonds is 3. The summed E-state index contributed by atoms with van der Waals surface area (Å²) in [6, 6.07) is 13.1. The predicted molar refractivity (Wildman–Crippen MR) is 94.5 cm³/mol. The maximum atomic E-state index is 12.3. The maximum Gasteiger partial charge on any atom is 0.263 e. The third-order valence-electron chi connectivity index (χ3n) is 3.15. The summed E-state index contributed by atoms with van der Waals surface area (Å²) in [7, 11) is 0. The highest BCUT2D eigenvalue weighted by atomic mass is 35.5. The third kappa shape index (κ3) is 3.08. The summed E-state index contributed by atoms with van der Waals surface area (Å²) in [5.74, 6) is -0.220. The summed E-state index contributed by atoms with van der Waals surface area (Å²) in [6.07, 6.45) is 0. The average molecular weight is 371 g/mol. The second-order valence-electron chi connectivity index (χ2n) is 4.67. The number of carbonyl (C=O) groups is 1. The standard InChI is InChI=1S/C16H10Cl3NOS/c17-10-6-11(18)13-12(7-10)22-15(14(13)19)16(21)20-8-9-4-2-1-3-5-9/h1-7H,8H2,(H,20,21). The van der Waals surface area contributed by atoms with Gasteiger partial charge in [-0.05, 0) is 17.7 Å². The van der Waals surface area contributed by atoms with Crippen LogP contribution in [0.5, 0.6) is 0 Å². The molecule has 0 saturated heterocycles. The first-order valence-electron chi connectivity index (χ1n) is 6.45. The lowest BCUT2D eigenvalue weighted by atomic mass is 10.2. The highest BCUT2D eigenvalue weighted by Crippen LogP contribution is 2.41. The van der Waals surface area contributed by atoms with Crippen molar-refractivity contribution in [3.63, 3.8) is 0 Å². The Morgan fingerprint density at radius 2 is 1.82 bits per heavy atom. The van der Waals surface area contributed by atoms with Gasteiger partial charge in [0.25, 0.3) is 5.91 Å². The van der Waals surface area contributed by atoms with Gasteiger partial charge in [-0.2, -0.15) is 0 Å². The Kier molecular flexibility index (Phi) is 4.59. The monoisotopic (exact) mass is 369 g/mol. The Morgan fingerprint density at radius 1 is 1.09 bits per heavy atom. The molecule has 1 heterocycles. The highest BCUT2D eigenvalue weighted by molar-refractivity contribution is 7.21. The van der Waals surface area contributed by atoms with Gasteiger partial charge in [0.2, 0.25) is 0 Å². The number of carbonyl (C=O) groups excluding carboxylic acids is 1. The first-order valence-corrected chi connectivity index (χ1v) is 8.40. The summed E-state index contributed by atoms with van der Waals surface area (Å²) in [4.78, 5) is 12.8. The molecule has 1 amide bonds. The molecule has 0 aliphatic rings. The van der Waals surface area contributed by atoms with Crippen molar-refractivity contribution in [2.45, 2.75) is 6.54 Å². The van der Waals surface area contributed by atoms with Crippen molar-refractivity contribution in [1.29, 1.82) is 0 Å². The van der Waals surface area contributed by atoms with Crippen LogP contribution in [0.2, 0.25) is 15.1 Å². The van der Waals surface area contributed by atoms with Gasteiger partial charge in [-0.3, -0.25) is 4.79 Å². The number of benzene rings is 2. The minimum absolute atomic E-state index is 0.220. The van der Waals surface area contributed by atoms with Gasteiger partial charge in [-0.15, -0.1) is 11.3 Å². The van der Waals surface area contributed by atoms with Crippen LogP contribution >= 0.6 is 46.1 Å². The van der Waals surface area contributed by atoms with Gasteiger partial charge in [-0.1, -0.05) is 65.1 Å². The molecule has 0 fully saturated rings. The zero-order valence-corrected chi connectivity index (χ0v) is 14.3. The predicted octanol–water partition coefficient (Wildman–Crippen LogP) is 5.79. The van der Waals surface area contributed by atoms with Crippen LogP contribution in [-0.2, 0) is 6.54 Å². The Morgan fingerprint density at radius 3 is 2.55 bits per heavy atom. The van der Waals surface area contributed by atoms with E-state index in [1.54, 1.807) is 12.1 Å². The fourth-order valence-corrected chi connectivity index (χ4v) is 4.41. The highest BCUT2D eigenvalue weighted by Gasteiger charge is 2.19. The van der Waals surface area contributed by atoms with Gasteiger partial charge in [0, 0.05) is 21.7 Å². The Hall–Kier alpha value is -1.26. The molecule has 6 heteroatoms. The molecule has 0 aliphatic carbocycles. The first-order chi connectivity index (χ1) is 10.6. The molecule has 1 aromatic heterocycles. The van der Waals surface area contributed by atoms with Crippen LogP contribution < -0.4 is 5.32 Å². The minimum Gasteiger partial charge on any atom is -0.347 e. The molecule has 3 aromatic rings. The van der Waals surface area contributed by atoms with Crippen molar-refractivity contribution in [3.05, 3.63) is 68.0 Å². The van der Waals surface area contributed by atoms with Crippen LogP contribution in [0.25, 0.3) is 10.1 Å². The number of halogens is 3. The molecule has 112 valence electrons. The van der Waals surface area contributed by atoms with Crippen LogP contribution in [-0.4, -0.2) is 5.91 Å². The topological polar surface area (TPSA) is 29.1 Å². The molecule has 0 radical (unpaired) electrons. The fourth-order valence-electron chi connectivity index (χ4n) is 2.12. The number of hydrogen-bond donors (Lipinski definition) is 1.